The molecule has 4 nitrogen and oxygen atoms in total. The molecule has 0 heterocycles. The lowest BCUT2D eigenvalue weighted by Crippen LogP contribution is -2.39. The quantitative estimate of drug-likeness (QED) is 0.807. The first-order valence-electron chi connectivity index (χ1n) is 5.71. The average Bonchev–Trinajstić information content (AvgIpc) is 2.31. The van der Waals surface area contributed by atoms with Gasteiger partial charge in [-0.25, -0.2) is 12.7 Å². The normalized spacial score (nSPS) is 13.0. The van der Waals surface area contributed by atoms with Gasteiger partial charge in [0.2, 0.25) is 10.0 Å². The number of nitrogens with zero attached hydrogens (tertiary/aromatic N) is 1. The van der Waals surface area contributed by atoms with Gasteiger partial charge in [0, 0.05) is 22.5 Å². The highest BCUT2D eigenvalue weighted by molar-refractivity contribution is 9.11. The molecule has 1 aromatic rings. The zero-order valence-corrected chi connectivity index (χ0v) is 15.1. The van der Waals surface area contributed by atoms with Crippen molar-refractivity contribution in [3.8, 4) is 0 Å². The van der Waals surface area contributed by atoms with Crippen molar-refractivity contribution in [2.75, 3.05) is 20.1 Å². The maximum Gasteiger partial charge on any atom is 0.243 e. The molecule has 0 aliphatic rings. The highest BCUT2D eigenvalue weighted by atomic mass is 79.9. The zero-order valence-electron chi connectivity index (χ0n) is 11.2. The summed E-state index contributed by atoms with van der Waals surface area (Å²) in [4.78, 5) is 0.247. The topological polar surface area (TPSA) is 63.4 Å². The second-order valence-corrected chi connectivity index (χ2v) is 8.99. The van der Waals surface area contributed by atoms with Gasteiger partial charge in [0.1, 0.15) is 0 Å². The average molecular weight is 414 g/mol. The molecule has 0 fully saturated rings. The van der Waals surface area contributed by atoms with Crippen LogP contribution in [0.2, 0.25) is 0 Å². The molecule has 0 atom stereocenters. The van der Waals surface area contributed by atoms with Crippen LogP contribution in [0, 0.1) is 5.41 Å². The molecule has 0 aliphatic heterocycles. The molecule has 0 saturated heterocycles. The molecule has 2 N–H and O–H groups in total. The summed E-state index contributed by atoms with van der Waals surface area (Å²) in [7, 11) is -1.97. The van der Waals surface area contributed by atoms with Gasteiger partial charge < -0.3 is 5.73 Å². The van der Waals surface area contributed by atoms with Gasteiger partial charge in [-0.2, -0.15) is 0 Å². The molecule has 0 radical (unpaired) electrons. The van der Waals surface area contributed by atoms with Crippen molar-refractivity contribution in [3.63, 3.8) is 0 Å². The van der Waals surface area contributed by atoms with E-state index in [1.54, 1.807) is 25.2 Å². The number of hydrogen-bond acceptors (Lipinski definition) is 3. The Morgan fingerprint density at radius 3 is 2.42 bits per heavy atom. The van der Waals surface area contributed by atoms with Crippen LogP contribution in [0.1, 0.15) is 13.8 Å². The summed E-state index contributed by atoms with van der Waals surface area (Å²) in [6.45, 7) is 4.67. The van der Waals surface area contributed by atoms with Crippen LogP contribution >= 0.6 is 31.9 Å². The number of rotatable bonds is 5. The highest BCUT2D eigenvalue weighted by Crippen LogP contribution is 2.29. The summed E-state index contributed by atoms with van der Waals surface area (Å²) < 4.78 is 27.7. The van der Waals surface area contributed by atoms with Gasteiger partial charge in [-0.1, -0.05) is 29.8 Å². The van der Waals surface area contributed by atoms with Gasteiger partial charge in [-0.3, -0.25) is 0 Å². The molecular formula is C12H18Br2N2O2S. The molecule has 0 unspecified atom stereocenters. The SMILES string of the molecule is CN(CC(C)(C)CN)S(=O)(=O)c1cc(Br)ccc1Br. The Kier molecular flexibility index (Phi) is 5.60. The Morgan fingerprint density at radius 1 is 1.32 bits per heavy atom. The lowest BCUT2D eigenvalue weighted by atomic mass is 9.94. The van der Waals surface area contributed by atoms with Crippen molar-refractivity contribution < 1.29 is 8.42 Å². The van der Waals surface area contributed by atoms with E-state index in [1.165, 1.54) is 4.31 Å². The number of halogens is 2. The van der Waals surface area contributed by atoms with E-state index in [-0.39, 0.29) is 10.3 Å². The van der Waals surface area contributed by atoms with E-state index in [2.05, 4.69) is 31.9 Å². The lowest BCUT2D eigenvalue weighted by Gasteiger charge is -2.28. The summed E-state index contributed by atoms with van der Waals surface area (Å²) in [6.07, 6.45) is 0. The molecule has 0 amide bonds. The van der Waals surface area contributed by atoms with E-state index >= 15 is 0 Å². The third kappa shape index (κ3) is 4.26. The molecule has 108 valence electrons. The molecule has 0 saturated carbocycles. The standard InChI is InChI=1S/C12H18Br2N2O2S/c1-12(2,7-15)8-16(3)19(17,18)11-6-9(13)4-5-10(11)14/h4-6H,7-8,15H2,1-3H3. The Morgan fingerprint density at radius 2 is 1.89 bits per heavy atom. The summed E-state index contributed by atoms with van der Waals surface area (Å²) in [6, 6.07) is 5.08. The van der Waals surface area contributed by atoms with Crippen LogP contribution in [-0.2, 0) is 10.0 Å². The van der Waals surface area contributed by atoms with Crippen molar-refractivity contribution in [2.24, 2.45) is 11.1 Å². The van der Waals surface area contributed by atoms with E-state index < -0.39 is 10.0 Å². The zero-order chi connectivity index (χ0) is 14.8. The highest BCUT2D eigenvalue weighted by Gasteiger charge is 2.28. The van der Waals surface area contributed by atoms with E-state index in [1.807, 2.05) is 13.8 Å². The van der Waals surface area contributed by atoms with E-state index in [9.17, 15) is 8.42 Å². The Balaban J connectivity index is 3.14. The second kappa shape index (κ2) is 6.22. The van der Waals surface area contributed by atoms with Crippen LogP contribution in [0.3, 0.4) is 0 Å². The van der Waals surface area contributed by atoms with Crippen molar-refractivity contribution in [3.05, 3.63) is 27.1 Å². The summed E-state index contributed by atoms with van der Waals surface area (Å²) in [5.41, 5.74) is 5.39. The molecule has 1 aromatic carbocycles. The van der Waals surface area contributed by atoms with E-state index in [0.29, 0.717) is 17.6 Å². The van der Waals surface area contributed by atoms with Crippen molar-refractivity contribution >= 4 is 41.9 Å². The van der Waals surface area contributed by atoms with Gasteiger partial charge in [0.15, 0.2) is 0 Å². The first-order valence-corrected chi connectivity index (χ1v) is 8.74. The minimum atomic E-state index is -3.53. The van der Waals surface area contributed by atoms with Crippen molar-refractivity contribution in [1.29, 1.82) is 0 Å². The van der Waals surface area contributed by atoms with Gasteiger partial charge >= 0.3 is 0 Å². The number of hydrogen-bond donors (Lipinski definition) is 1. The van der Waals surface area contributed by atoms with Crippen LogP contribution in [0.25, 0.3) is 0 Å². The molecule has 7 heteroatoms. The van der Waals surface area contributed by atoms with Crippen molar-refractivity contribution in [1.82, 2.24) is 4.31 Å². The maximum absolute atomic E-state index is 12.5. The molecule has 0 bridgehead atoms. The number of benzene rings is 1. The minimum Gasteiger partial charge on any atom is -0.330 e. The molecule has 0 spiro atoms. The number of sulfonamides is 1. The Labute approximate surface area is 131 Å². The van der Waals surface area contributed by atoms with Crippen LogP contribution in [0.5, 0.6) is 0 Å². The monoisotopic (exact) mass is 412 g/mol. The number of nitrogens with two attached hydrogens (primary N) is 1. The molecular weight excluding hydrogens is 396 g/mol. The van der Waals surface area contributed by atoms with Gasteiger partial charge in [-0.15, -0.1) is 0 Å². The lowest BCUT2D eigenvalue weighted by molar-refractivity contribution is 0.292. The largest absolute Gasteiger partial charge is 0.330 e. The second-order valence-electron chi connectivity index (χ2n) is 5.20. The first kappa shape index (κ1) is 17.1. The smallest absolute Gasteiger partial charge is 0.243 e. The van der Waals surface area contributed by atoms with Gasteiger partial charge in [0.05, 0.1) is 4.90 Å². The fourth-order valence-corrected chi connectivity index (χ4v) is 4.41. The predicted octanol–water partition coefficient (Wildman–Crippen LogP) is 2.82. The minimum absolute atomic E-state index is 0.247. The summed E-state index contributed by atoms with van der Waals surface area (Å²) in [5.74, 6) is 0. The van der Waals surface area contributed by atoms with E-state index in [0.717, 1.165) is 4.47 Å². The van der Waals surface area contributed by atoms with Gasteiger partial charge in [0.25, 0.3) is 0 Å². The summed E-state index contributed by atoms with van der Waals surface area (Å²) >= 11 is 6.57. The Bertz CT molecular complexity index is 559. The van der Waals surface area contributed by atoms with Crippen LogP contribution < -0.4 is 5.73 Å². The Hall–Kier alpha value is 0.0500. The predicted molar refractivity (Wildman–Crippen MR) is 84.5 cm³/mol. The molecule has 0 aromatic heterocycles. The fraction of sp³-hybridized carbons (Fsp3) is 0.500. The van der Waals surface area contributed by atoms with Crippen LogP contribution in [0.4, 0.5) is 0 Å². The maximum atomic E-state index is 12.5. The molecule has 0 aliphatic carbocycles. The summed E-state index contributed by atoms with van der Waals surface area (Å²) in [5, 5.41) is 0. The van der Waals surface area contributed by atoms with Crippen LogP contribution in [-0.4, -0.2) is 32.9 Å². The molecule has 1 rings (SSSR count). The van der Waals surface area contributed by atoms with Crippen LogP contribution in [0.15, 0.2) is 32.0 Å². The van der Waals surface area contributed by atoms with Crippen molar-refractivity contribution in [2.45, 2.75) is 18.7 Å². The van der Waals surface area contributed by atoms with E-state index in [4.69, 9.17) is 5.73 Å². The third-order valence-corrected chi connectivity index (χ3v) is 6.08. The fourth-order valence-electron chi connectivity index (χ4n) is 1.60. The van der Waals surface area contributed by atoms with Gasteiger partial charge in [-0.05, 0) is 46.1 Å². The molecule has 19 heavy (non-hydrogen) atoms. The third-order valence-electron chi connectivity index (χ3n) is 2.78. The first-order chi connectivity index (χ1) is 8.60.